The lowest BCUT2D eigenvalue weighted by atomic mass is 10.1. The summed E-state index contributed by atoms with van der Waals surface area (Å²) in [6, 6.07) is 10.3. The Balaban J connectivity index is 1.71. The zero-order valence-corrected chi connectivity index (χ0v) is 14.2. The topological polar surface area (TPSA) is 84.5 Å². The molecule has 2 aromatic rings. The lowest BCUT2D eigenvalue weighted by molar-refractivity contribution is -0.138. The number of halogens is 3. The van der Waals surface area contributed by atoms with E-state index in [0.717, 1.165) is 6.07 Å². The molecule has 1 aliphatic heterocycles. The van der Waals surface area contributed by atoms with E-state index in [-0.39, 0.29) is 17.7 Å². The van der Waals surface area contributed by atoms with Gasteiger partial charge in [0.1, 0.15) is 17.9 Å². The number of hydrogen-bond acceptors (Lipinski definition) is 4. The highest BCUT2D eigenvalue weighted by molar-refractivity contribution is 6.31. The molecule has 144 valence electrons. The first-order valence-corrected chi connectivity index (χ1v) is 8.00. The smallest absolute Gasteiger partial charge is 0.416 e. The van der Waals surface area contributed by atoms with Crippen LogP contribution in [0.25, 0.3) is 6.08 Å². The number of rotatable bonds is 4. The van der Waals surface area contributed by atoms with Crippen LogP contribution in [-0.2, 0) is 22.4 Å². The zero-order valence-electron chi connectivity index (χ0n) is 14.2. The van der Waals surface area contributed by atoms with Gasteiger partial charge in [-0.15, -0.1) is 0 Å². The molecular formula is C19H13F3N2O4. The lowest BCUT2D eigenvalue weighted by Crippen LogP contribution is -2.51. The molecule has 1 saturated heterocycles. The molecule has 9 heteroatoms. The summed E-state index contributed by atoms with van der Waals surface area (Å²) in [5.41, 5.74) is -0.535. The lowest BCUT2D eigenvalue weighted by Gasteiger charge is -2.14. The molecule has 1 heterocycles. The third kappa shape index (κ3) is 4.37. The predicted octanol–water partition coefficient (Wildman–Crippen LogP) is 3.03. The fraction of sp³-hybridized carbons (Fsp3) is 0.105. The fourth-order valence-corrected chi connectivity index (χ4v) is 2.52. The first-order chi connectivity index (χ1) is 13.2. The minimum Gasteiger partial charge on any atom is -0.489 e. The van der Waals surface area contributed by atoms with Gasteiger partial charge in [-0.25, -0.2) is 4.79 Å². The zero-order chi connectivity index (χ0) is 20.3. The first kappa shape index (κ1) is 19.2. The van der Waals surface area contributed by atoms with Crippen LogP contribution in [0.3, 0.4) is 0 Å². The van der Waals surface area contributed by atoms with Crippen molar-refractivity contribution in [3.05, 3.63) is 70.8 Å². The summed E-state index contributed by atoms with van der Waals surface area (Å²) in [5.74, 6) is -1.33. The number of ether oxygens (including phenoxy) is 1. The molecule has 6 nitrogen and oxygen atoms in total. The van der Waals surface area contributed by atoms with E-state index in [9.17, 15) is 27.6 Å². The van der Waals surface area contributed by atoms with Gasteiger partial charge in [0.05, 0.1) is 5.56 Å². The number of urea groups is 1. The van der Waals surface area contributed by atoms with E-state index in [2.05, 4.69) is 0 Å². The molecular weight excluding hydrogens is 377 g/mol. The summed E-state index contributed by atoms with van der Waals surface area (Å²) in [7, 11) is 0. The van der Waals surface area contributed by atoms with Gasteiger partial charge in [0.15, 0.2) is 0 Å². The van der Waals surface area contributed by atoms with Crippen LogP contribution in [0.1, 0.15) is 16.7 Å². The molecule has 1 aliphatic rings. The Morgan fingerprint density at radius 1 is 0.893 bits per heavy atom. The maximum absolute atomic E-state index is 13.0. The monoisotopic (exact) mass is 390 g/mol. The number of hydrogen-bond donors (Lipinski definition) is 2. The van der Waals surface area contributed by atoms with E-state index >= 15 is 0 Å². The Hall–Kier alpha value is -3.62. The number of carbonyl (C=O) groups is 3. The molecule has 2 N–H and O–H groups in total. The number of nitrogens with one attached hydrogen (secondary N) is 2. The Morgan fingerprint density at radius 2 is 1.50 bits per heavy atom. The normalized spacial score (nSPS) is 14.4. The quantitative estimate of drug-likeness (QED) is 0.621. The number of imide groups is 2. The molecule has 28 heavy (non-hydrogen) atoms. The van der Waals surface area contributed by atoms with E-state index in [1.165, 1.54) is 48.5 Å². The third-order valence-corrected chi connectivity index (χ3v) is 3.85. The Labute approximate surface area is 157 Å². The third-order valence-electron chi connectivity index (χ3n) is 3.85. The molecule has 3 rings (SSSR count). The van der Waals surface area contributed by atoms with Gasteiger partial charge in [0, 0.05) is 5.56 Å². The van der Waals surface area contributed by atoms with Gasteiger partial charge in [0.2, 0.25) is 0 Å². The van der Waals surface area contributed by atoms with Gasteiger partial charge >= 0.3 is 12.2 Å². The van der Waals surface area contributed by atoms with E-state index in [1.54, 1.807) is 0 Å². The minimum atomic E-state index is -4.47. The molecule has 0 aliphatic carbocycles. The highest BCUT2D eigenvalue weighted by Crippen LogP contribution is 2.32. The molecule has 2 aromatic carbocycles. The Morgan fingerprint density at radius 3 is 2.11 bits per heavy atom. The fourth-order valence-electron chi connectivity index (χ4n) is 2.52. The van der Waals surface area contributed by atoms with Crippen molar-refractivity contribution >= 4 is 23.9 Å². The largest absolute Gasteiger partial charge is 0.489 e. The van der Waals surface area contributed by atoms with Gasteiger partial charge in [-0.2, -0.15) is 13.2 Å². The van der Waals surface area contributed by atoms with Gasteiger partial charge in [0.25, 0.3) is 11.8 Å². The van der Waals surface area contributed by atoms with Crippen LogP contribution in [-0.4, -0.2) is 17.8 Å². The number of carbonyl (C=O) groups excluding carboxylic acids is 3. The Bertz CT molecular complexity index is 944. The predicted molar refractivity (Wildman–Crippen MR) is 91.9 cm³/mol. The van der Waals surface area contributed by atoms with Crippen LogP contribution < -0.4 is 15.4 Å². The number of amides is 4. The van der Waals surface area contributed by atoms with E-state index in [0.29, 0.717) is 11.3 Å². The van der Waals surface area contributed by atoms with E-state index in [1.807, 2.05) is 10.6 Å². The first-order valence-electron chi connectivity index (χ1n) is 8.00. The van der Waals surface area contributed by atoms with Crippen LogP contribution in [0.15, 0.2) is 54.1 Å². The molecule has 0 unspecified atom stereocenters. The summed E-state index contributed by atoms with van der Waals surface area (Å²) in [6.07, 6.45) is -3.20. The van der Waals surface area contributed by atoms with Crippen molar-refractivity contribution in [2.75, 3.05) is 0 Å². The summed E-state index contributed by atoms with van der Waals surface area (Å²) >= 11 is 0. The van der Waals surface area contributed by atoms with Gasteiger partial charge < -0.3 is 4.74 Å². The molecule has 4 amide bonds. The maximum Gasteiger partial charge on any atom is 0.416 e. The standard InChI is InChI=1S/C19H13F3N2O4/c20-19(21,22)15-4-2-1-3-12(15)10-28-13-7-5-11(6-8-13)9-14-16(25)23-18(27)24-17(14)26/h1-9H,10H2,(H2,23,24,25,26,27). The second-order valence-electron chi connectivity index (χ2n) is 5.81. The van der Waals surface area contributed by atoms with Crippen LogP contribution in [0.4, 0.5) is 18.0 Å². The maximum atomic E-state index is 13.0. The van der Waals surface area contributed by atoms with Crippen molar-refractivity contribution in [2.24, 2.45) is 0 Å². The van der Waals surface area contributed by atoms with E-state index in [4.69, 9.17) is 4.74 Å². The summed E-state index contributed by atoms with van der Waals surface area (Å²) in [6.45, 7) is -0.275. The summed E-state index contributed by atoms with van der Waals surface area (Å²) in [5, 5.41) is 3.91. The Kier molecular flexibility index (Phi) is 5.16. The molecule has 0 saturated carbocycles. The summed E-state index contributed by atoms with van der Waals surface area (Å²) in [4.78, 5) is 34.4. The van der Waals surface area contributed by atoms with Crippen LogP contribution in [0.5, 0.6) is 5.75 Å². The highest BCUT2D eigenvalue weighted by atomic mass is 19.4. The minimum absolute atomic E-state index is 0.00131. The second-order valence-corrected chi connectivity index (χ2v) is 5.81. The second kappa shape index (κ2) is 7.55. The van der Waals surface area contributed by atoms with Crippen molar-refractivity contribution in [1.29, 1.82) is 0 Å². The van der Waals surface area contributed by atoms with Crippen LogP contribution in [0.2, 0.25) is 0 Å². The number of barbiturate groups is 1. The van der Waals surface area contributed by atoms with Crippen molar-refractivity contribution in [3.63, 3.8) is 0 Å². The number of alkyl halides is 3. The average molecular weight is 390 g/mol. The number of benzene rings is 2. The van der Waals surface area contributed by atoms with Gasteiger partial charge in [-0.05, 0) is 29.8 Å². The van der Waals surface area contributed by atoms with Crippen molar-refractivity contribution in [1.82, 2.24) is 10.6 Å². The molecule has 0 radical (unpaired) electrons. The SMILES string of the molecule is O=C1NC(=O)C(=Cc2ccc(OCc3ccccc3C(F)(F)F)cc2)C(=O)N1. The van der Waals surface area contributed by atoms with E-state index < -0.39 is 29.6 Å². The van der Waals surface area contributed by atoms with Crippen molar-refractivity contribution in [2.45, 2.75) is 12.8 Å². The van der Waals surface area contributed by atoms with Crippen LogP contribution in [0, 0.1) is 0 Å². The summed E-state index contributed by atoms with van der Waals surface area (Å²) < 4.78 is 44.4. The molecule has 0 aromatic heterocycles. The average Bonchev–Trinajstić information content (AvgIpc) is 2.63. The van der Waals surface area contributed by atoms with Crippen LogP contribution >= 0.6 is 0 Å². The van der Waals surface area contributed by atoms with Crippen molar-refractivity contribution in [3.8, 4) is 5.75 Å². The molecule has 0 atom stereocenters. The highest BCUT2D eigenvalue weighted by Gasteiger charge is 2.33. The molecule has 0 spiro atoms. The molecule has 1 fully saturated rings. The van der Waals surface area contributed by atoms with Crippen molar-refractivity contribution < 1.29 is 32.3 Å². The molecule has 0 bridgehead atoms. The van der Waals surface area contributed by atoms with Gasteiger partial charge in [-0.1, -0.05) is 30.3 Å². The van der Waals surface area contributed by atoms with Gasteiger partial charge in [-0.3, -0.25) is 20.2 Å².